The van der Waals surface area contributed by atoms with E-state index in [1.165, 1.54) is 41.0 Å². The summed E-state index contributed by atoms with van der Waals surface area (Å²) in [5.41, 5.74) is 27.7. The zero-order chi connectivity index (χ0) is 60.7. The fourth-order valence-electron chi connectivity index (χ4n) is 8.94. The second-order valence-electron chi connectivity index (χ2n) is 20.0. The number of guanidine groups is 1. The Morgan fingerprint density at radius 1 is 0.679 bits per heavy atom. The van der Waals surface area contributed by atoms with Crippen LogP contribution < -0.4 is 65.9 Å². The Kier molecular flexibility index (Phi) is 27.1. The van der Waals surface area contributed by atoms with E-state index >= 15 is 0 Å². The molecule has 1 aromatic carbocycles. The number of nitrogens with one attached hydrogen (secondary N) is 7. The maximum absolute atomic E-state index is 14.3. The number of rotatable bonds is 33. The van der Waals surface area contributed by atoms with Crippen molar-refractivity contribution in [1.82, 2.24) is 47.0 Å². The van der Waals surface area contributed by atoms with Crippen LogP contribution in [0.15, 0.2) is 29.3 Å². The number of nitrogens with two attached hydrogens (primary N) is 5. The van der Waals surface area contributed by atoms with Crippen LogP contribution in [0, 0.1) is 5.92 Å². The molecule has 2 fully saturated rings. The van der Waals surface area contributed by atoms with E-state index in [9.17, 15) is 78.0 Å². The van der Waals surface area contributed by atoms with E-state index in [0.29, 0.717) is 24.8 Å². The van der Waals surface area contributed by atoms with E-state index in [2.05, 4.69) is 42.2 Å². The first-order valence-corrected chi connectivity index (χ1v) is 26.6. The summed E-state index contributed by atoms with van der Waals surface area (Å²) < 4.78 is 0. The number of carbonyl (C=O) groups excluding carboxylic acids is 11. The van der Waals surface area contributed by atoms with Crippen LogP contribution in [0.1, 0.15) is 97.0 Å². The van der Waals surface area contributed by atoms with E-state index in [1.807, 2.05) is 0 Å². The number of phenols is 1. The molecule has 0 radical (unpaired) electrons. The maximum Gasteiger partial charge on any atom is 0.328 e. The number of amides is 11. The molecule has 0 saturated carbocycles. The highest BCUT2D eigenvalue weighted by Gasteiger charge is 2.45. The van der Waals surface area contributed by atoms with Gasteiger partial charge in [-0.05, 0) is 81.9 Å². The largest absolute Gasteiger partial charge is 0.508 e. The third-order valence-corrected chi connectivity index (χ3v) is 13.7. The average molecular weight is 1150 g/mol. The standard InChI is InChI=1S/C50H79N15O16/c1-4-25(2)39(46(77)63-40(26(3)67)49(80)81)62-45(76)34-9-6-20-64(34)48(79)35-10-7-21-65(35)47(78)33(24-66)61-43(74)30(8-5-19-56-50(54)55)58-38(71)23-57-42(73)32(22-27-11-13-28(68)14-12-27)60-44(75)31(16-18-37(53)70)59-41(72)29(51)15-17-36(52)69/h11-14,25-26,29-35,39-40,66-68H,4-10,15-24,51H2,1-3H3,(H2,52,69)(H2,53,70)(H,57,73)(H,58,71)(H,59,72)(H,60,75)(H,61,74)(H,62,76)(H,63,77)(H,80,81)(H4,54,55,56)/t25-,26+,29-,30-,31-,32-,33-,34-,35-,39-,40-/m0/s1. The smallest absolute Gasteiger partial charge is 0.328 e. The van der Waals surface area contributed by atoms with Crippen LogP contribution in [0.4, 0.5) is 0 Å². The van der Waals surface area contributed by atoms with Gasteiger partial charge in [-0.1, -0.05) is 32.4 Å². The van der Waals surface area contributed by atoms with Crippen LogP contribution in [0.3, 0.4) is 0 Å². The highest BCUT2D eigenvalue weighted by Crippen LogP contribution is 2.26. The van der Waals surface area contributed by atoms with Gasteiger partial charge in [0.05, 0.1) is 25.3 Å². The first-order chi connectivity index (χ1) is 38.2. The minimum atomic E-state index is -1.67. The summed E-state index contributed by atoms with van der Waals surface area (Å²) in [6, 6.07) is -7.05. The average Bonchev–Trinajstić information content (AvgIpc) is 4.16. The van der Waals surface area contributed by atoms with Gasteiger partial charge < -0.3 is 96.1 Å². The number of nitrogens with zero attached hydrogens (tertiary/aromatic N) is 3. The molecule has 2 aliphatic rings. The van der Waals surface area contributed by atoms with Gasteiger partial charge >= 0.3 is 5.97 Å². The van der Waals surface area contributed by atoms with Gasteiger partial charge in [-0.3, -0.25) is 57.7 Å². The molecular formula is C50H79N15O16. The number of primary amides is 2. The van der Waals surface area contributed by atoms with E-state index < -0.39 is 157 Å². The Bertz CT molecular complexity index is 2440. The summed E-state index contributed by atoms with van der Waals surface area (Å²) in [6.07, 6.45) is -1.56. The van der Waals surface area contributed by atoms with Crippen molar-refractivity contribution in [3.8, 4) is 5.75 Å². The predicted molar refractivity (Wildman–Crippen MR) is 286 cm³/mol. The van der Waals surface area contributed by atoms with Gasteiger partial charge in [0.1, 0.15) is 48.0 Å². The number of benzene rings is 1. The predicted octanol–water partition coefficient (Wildman–Crippen LogP) is -6.64. The van der Waals surface area contributed by atoms with E-state index in [4.69, 9.17) is 28.7 Å². The number of likely N-dealkylation sites (tertiary alicyclic amines) is 2. The molecule has 31 nitrogen and oxygen atoms in total. The lowest BCUT2D eigenvalue weighted by molar-refractivity contribution is -0.149. The minimum absolute atomic E-state index is 0.0123. The number of aliphatic hydroxyl groups is 2. The van der Waals surface area contributed by atoms with Crippen molar-refractivity contribution >= 4 is 76.9 Å². The van der Waals surface area contributed by atoms with Crippen molar-refractivity contribution in [2.24, 2.45) is 39.6 Å². The van der Waals surface area contributed by atoms with Crippen molar-refractivity contribution in [3.63, 3.8) is 0 Å². The molecular weight excluding hydrogens is 1070 g/mol. The van der Waals surface area contributed by atoms with Crippen LogP contribution >= 0.6 is 0 Å². The molecule has 3 rings (SSSR count). The first kappa shape index (κ1) is 67.1. The number of aliphatic carboxylic acids is 1. The highest BCUT2D eigenvalue weighted by molar-refractivity contribution is 5.98. The Balaban J connectivity index is 1.79. The highest BCUT2D eigenvalue weighted by atomic mass is 16.4. The zero-order valence-electron chi connectivity index (χ0n) is 45.6. The second-order valence-corrected chi connectivity index (χ2v) is 20.0. The van der Waals surface area contributed by atoms with E-state index in [1.54, 1.807) is 13.8 Å². The second kappa shape index (κ2) is 32.8. The van der Waals surface area contributed by atoms with Crippen molar-refractivity contribution in [3.05, 3.63) is 29.8 Å². The van der Waals surface area contributed by atoms with Crippen molar-refractivity contribution < 1.29 is 78.0 Å². The summed E-state index contributed by atoms with van der Waals surface area (Å²) in [5.74, 6) is -11.8. The number of hydrogen-bond acceptors (Lipinski definition) is 17. The quantitative estimate of drug-likeness (QED) is 0.0177. The SMILES string of the molecule is CC[C@H](C)[C@H](NC(=O)[C@@H]1CCCN1C(=O)[C@@H]1CCCN1C(=O)[C@H](CO)NC(=O)[C@H](CCCN=C(N)N)NC(=O)CNC(=O)[C@H](Cc1ccc(O)cc1)NC(=O)[C@H](CCC(N)=O)NC(=O)[C@@H](N)CCC(N)=O)C(=O)N[C@H](C(=O)O)[C@@H](C)O. The Morgan fingerprint density at radius 2 is 1.25 bits per heavy atom. The van der Waals surface area contributed by atoms with Crippen LogP contribution in [0.5, 0.6) is 5.75 Å². The summed E-state index contributed by atoms with van der Waals surface area (Å²) in [4.78, 5) is 165. The maximum atomic E-state index is 14.3. The molecule has 1 aromatic rings. The Morgan fingerprint density at radius 3 is 1.81 bits per heavy atom. The fraction of sp³-hybridized carbons (Fsp3) is 0.620. The van der Waals surface area contributed by atoms with Gasteiger partial charge in [-0.2, -0.15) is 0 Å². The number of phenolic OH excluding ortho intramolecular Hbond substituents is 1. The molecule has 450 valence electrons. The van der Waals surface area contributed by atoms with Gasteiger partial charge in [0.15, 0.2) is 12.0 Å². The third kappa shape index (κ3) is 21.4. The summed E-state index contributed by atoms with van der Waals surface area (Å²) in [7, 11) is 0. The minimum Gasteiger partial charge on any atom is -0.508 e. The topological polar surface area (TPSA) is 519 Å². The Hall–Kier alpha value is -8.19. The molecule has 81 heavy (non-hydrogen) atoms. The summed E-state index contributed by atoms with van der Waals surface area (Å²) in [5, 5.41) is 56.9. The monoisotopic (exact) mass is 1150 g/mol. The molecule has 0 aliphatic carbocycles. The summed E-state index contributed by atoms with van der Waals surface area (Å²) >= 11 is 0. The van der Waals surface area contributed by atoms with Crippen molar-refractivity contribution in [2.45, 2.75) is 158 Å². The molecule has 31 heteroatoms. The van der Waals surface area contributed by atoms with Crippen LogP contribution in [0.25, 0.3) is 0 Å². The molecule has 0 unspecified atom stereocenters. The number of carboxylic acids is 1. The van der Waals surface area contributed by atoms with Gasteiger partial charge in [0.2, 0.25) is 65.0 Å². The van der Waals surface area contributed by atoms with Crippen LogP contribution in [-0.2, 0) is 64.0 Å². The van der Waals surface area contributed by atoms with Gasteiger partial charge in [-0.15, -0.1) is 0 Å². The molecule has 21 N–H and O–H groups in total. The van der Waals surface area contributed by atoms with E-state index in [0.717, 1.165) is 0 Å². The van der Waals surface area contributed by atoms with Gasteiger partial charge in [0.25, 0.3) is 0 Å². The van der Waals surface area contributed by atoms with Crippen LogP contribution in [-0.4, -0.2) is 200 Å². The number of hydrogen-bond donors (Lipinski definition) is 16. The lowest BCUT2D eigenvalue weighted by Gasteiger charge is -2.33. The zero-order valence-corrected chi connectivity index (χ0v) is 45.6. The van der Waals surface area contributed by atoms with Crippen molar-refractivity contribution in [2.75, 3.05) is 32.8 Å². The fourth-order valence-corrected chi connectivity index (χ4v) is 8.94. The Labute approximate surface area is 467 Å². The molecule has 11 amide bonds. The van der Waals surface area contributed by atoms with Crippen LogP contribution in [0.2, 0.25) is 0 Å². The molecule has 0 bridgehead atoms. The van der Waals surface area contributed by atoms with E-state index in [-0.39, 0.29) is 82.7 Å². The number of carboxylic acid groups (broad SMARTS) is 1. The summed E-state index contributed by atoms with van der Waals surface area (Å²) in [6.45, 7) is 2.89. The lowest BCUT2D eigenvalue weighted by Crippen LogP contribution is -2.60. The number of aliphatic imine (C=N–C) groups is 1. The van der Waals surface area contributed by atoms with Gasteiger partial charge in [-0.25, -0.2) is 4.79 Å². The molecule has 2 aliphatic heterocycles. The first-order valence-electron chi connectivity index (χ1n) is 26.6. The third-order valence-electron chi connectivity index (χ3n) is 13.7. The molecule has 11 atom stereocenters. The van der Waals surface area contributed by atoms with Crippen molar-refractivity contribution in [1.29, 1.82) is 0 Å². The molecule has 0 aromatic heterocycles. The van der Waals surface area contributed by atoms with Gasteiger partial charge in [0, 0.05) is 38.9 Å². The number of aromatic hydroxyl groups is 1. The number of carbonyl (C=O) groups is 12. The molecule has 2 saturated heterocycles. The molecule has 0 spiro atoms. The lowest BCUT2D eigenvalue weighted by atomic mass is 9.97. The molecule has 2 heterocycles. The number of aliphatic hydroxyl groups excluding tert-OH is 2. The normalized spacial score (nSPS) is 18.1.